The van der Waals surface area contributed by atoms with E-state index in [1.807, 2.05) is 18.2 Å². The quantitative estimate of drug-likeness (QED) is 0.700. The van der Waals surface area contributed by atoms with Gasteiger partial charge in [-0.05, 0) is 24.3 Å². The third-order valence-corrected chi connectivity index (χ3v) is 4.23. The van der Waals surface area contributed by atoms with Gasteiger partial charge in [0.05, 0.1) is 4.90 Å². The van der Waals surface area contributed by atoms with Gasteiger partial charge >= 0.3 is 0 Å². The van der Waals surface area contributed by atoms with E-state index in [1.54, 1.807) is 12.1 Å². The topological polar surface area (TPSA) is 58.5 Å². The van der Waals surface area contributed by atoms with Gasteiger partial charge in [-0.1, -0.05) is 41.9 Å². The number of hydrogen-bond donors (Lipinski definition) is 1. The molecule has 1 N–H and O–H groups in total. The van der Waals surface area contributed by atoms with Gasteiger partial charge in [-0.25, -0.2) is 8.42 Å². The van der Waals surface area contributed by atoms with Gasteiger partial charge in [-0.3, -0.25) is 9.71 Å². The zero-order valence-corrected chi connectivity index (χ0v) is 12.3. The van der Waals surface area contributed by atoms with Crippen LogP contribution in [0.1, 0.15) is 5.56 Å². The summed E-state index contributed by atoms with van der Waals surface area (Å²) < 4.78 is 27.0. The van der Waals surface area contributed by atoms with E-state index in [2.05, 4.69) is 9.71 Å². The molecule has 0 fully saturated rings. The smallest absolute Gasteiger partial charge is 0.263 e. The minimum absolute atomic E-state index is 0.138. The highest BCUT2D eigenvalue weighted by atomic mass is 35.5. The Morgan fingerprint density at radius 1 is 1.05 bits per heavy atom. The lowest BCUT2D eigenvalue weighted by Gasteiger charge is -2.10. The molecule has 2 aromatic carbocycles. The Morgan fingerprint density at radius 2 is 1.65 bits per heavy atom. The molecule has 0 aromatic heterocycles. The molecule has 2 rings (SSSR count). The summed E-state index contributed by atoms with van der Waals surface area (Å²) in [5.74, 6) is 0.292. The van der Waals surface area contributed by atoms with E-state index >= 15 is 0 Å². The molecule has 0 amide bonds. The molecule has 0 aliphatic rings. The normalized spacial score (nSPS) is 12.2. The van der Waals surface area contributed by atoms with Crippen LogP contribution >= 0.6 is 11.6 Å². The second kappa shape index (κ2) is 6.07. The monoisotopic (exact) mass is 308 g/mol. The first-order valence-electron chi connectivity index (χ1n) is 5.83. The number of aliphatic imine (C=N–C) groups is 1. The van der Waals surface area contributed by atoms with Gasteiger partial charge < -0.3 is 0 Å². The standard InChI is InChI=1S/C14H13ClN2O2S/c1-16-14(11-5-3-2-4-6-11)17-20(18,19)13-9-7-12(15)8-10-13/h2-10H,1H3,(H,16,17). The number of amidine groups is 1. The van der Waals surface area contributed by atoms with Crippen LogP contribution in [0, 0.1) is 0 Å². The molecule has 0 bridgehead atoms. The average Bonchev–Trinajstić information content (AvgIpc) is 2.46. The summed E-state index contributed by atoms with van der Waals surface area (Å²) in [5, 5.41) is 0.483. The predicted molar refractivity (Wildman–Crippen MR) is 80.7 cm³/mol. The van der Waals surface area contributed by atoms with Gasteiger partial charge in [0, 0.05) is 17.6 Å². The summed E-state index contributed by atoms with van der Waals surface area (Å²) in [4.78, 5) is 4.12. The van der Waals surface area contributed by atoms with Crippen LogP contribution in [0.15, 0.2) is 64.5 Å². The first kappa shape index (κ1) is 14.6. The van der Waals surface area contributed by atoms with Crippen molar-refractivity contribution in [3.63, 3.8) is 0 Å². The first-order valence-corrected chi connectivity index (χ1v) is 7.69. The van der Waals surface area contributed by atoms with Gasteiger partial charge in [-0.15, -0.1) is 0 Å². The number of hydrogen-bond acceptors (Lipinski definition) is 3. The molecule has 0 saturated carbocycles. The van der Waals surface area contributed by atoms with Crippen molar-refractivity contribution in [2.45, 2.75) is 4.90 Å². The second-order valence-corrected chi connectivity index (χ2v) is 6.12. The summed E-state index contributed by atoms with van der Waals surface area (Å²) in [6.45, 7) is 0. The molecule has 2 aromatic rings. The molecule has 0 atom stereocenters. The number of benzene rings is 2. The highest BCUT2D eigenvalue weighted by molar-refractivity contribution is 7.90. The second-order valence-electron chi connectivity index (χ2n) is 4.00. The van der Waals surface area contributed by atoms with Crippen molar-refractivity contribution in [1.29, 1.82) is 0 Å². The minimum atomic E-state index is -3.68. The summed E-state index contributed by atoms with van der Waals surface area (Å²) >= 11 is 5.75. The molecule has 0 saturated heterocycles. The fraction of sp³-hybridized carbons (Fsp3) is 0.0714. The zero-order valence-electron chi connectivity index (χ0n) is 10.7. The molecule has 104 valence electrons. The lowest BCUT2D eigenvalue weighted by Crippen LogP contribution is -2.31. The minimum Gasteiger partial charge on any atom is -0.271 e. The highest BCUT2D eigenvalue weighted by Crippen LogP contribution is 2.14. The Hall–Kier alpha value is -1.85. The molecule has 0 spiro atoms. The third kappa shape index (κ3) is 3.37. The first-order chi connectivity index (χ1) is 9.53. The molecular weight excluding hydrogens is 296 g/mol. The van der Waals surface area contributed by atoms with E-state index in [0.29, 0.717) is 16.4 Å². The van der Waals surface area contributed by atoms with Crippen molar-refractivity contribution in [1.82, 2.24) is 4.72 Å². The van der Waals surface area contributed by atoms with E-state index < -0.39 is 10.0 Å². The van der Waals surface area contributed by atoms with Crippen LogP contribution in [0.5, 0.6) is 0 Å². The molecule has 20 heavy (non-hydrogen) atoms. The molecule has 0 aliphatic carbocycles. The fourth-order valence-electron chi connectivity index (χ4n) is 1.63. The zero-order chi connectivity index (χ0) is 14.6. The molecule has 0 radical (unpaired) electrons. The summed E-state index contributed by atoms with van der Waals surface area (Å²) in [6.07, 6.45) is 0. The molecule has 4 nitrogen and oxygen atoms in total. The van der Waals surface area contributed by atoms with Crippen LogP contribution in [-0.4, -0.2) is 21.3 Å². The van der Waals surface area contributed by atoms with Crippen molar-refractivity contribution in [3.8, 4) is 0 Å². The molecular formula is C14H13ClN2O2S. The number of halogens is 1. The van der Waals surface area contributed by atoms with Crippen molar-refractivity contribution in [2.24, 2.45) is 4.99 Å². The van der Waals surface area contributed by atoms with Gasteiger partial charge in [0.25, 0.3) is 10.0 Å². The molecule has 6 heteroatoms. The Morgan fingerprint density at radius 3 is 2.20 bits per heavy atom. The van der Waals surface area contributed by atoms with E-state index in [9.17, 15) is 8.42 Å². The summed E-state index contributed by atoms with van der Waals surface area (Å²) in [6, 6.07) is 15.0. The van der Waals surface area contributed by atoms with Crippen molar-refractivity contribution in [2.75, 3.05) is 7.05 Å². The number of sulfonamides is 1. The highest BCUT2D eigenvalue weighted by Gasteiger charge is 2.16. The SMILES string of the molecule is CN=C(NS(=O)(=O)c1ccc(Cl)cc1)c1ccccc1. The van der Waals surface area contributed by atoms with E-state index in [1.165, 1.54) is 31.3 Å². The fourth-order valence-corrected chi connectivity index (χ4v) is 2.83. The van der Waals surface area contributed by atoms with Crippen LogP contribution < -0.4 is 4.72 Å². The maximum atomic E-state index is 12.3. The lowest BCUT2D eigenvalue weighted by atomic mass is 10.2. The molecule has 0 unspecified atom stereocenters. The molecule has 0 heterocycles. The number of nitrogens with one attached hydrogen (secondary N) is 1. The Bertz CT molecular complexity index is 711. The van der Waals surface area contributed by atoms with E-state index in [0.717, 1.165) is 0 Å². The van der Waals surface area contributed by atoms with Crippen molar-refractivity contribution in [3.05, 3.63) is 65.2 Å². The Kier molecular flexibility index (Phi) is 4.42. The van der Waals surface area contributed by atoms with Gasteiger partial charge in [0.1, 0.15) is 5.84 Å². The Balaban J connectivity index is 2.30. The lowest BCUT2D eigenvalue weighted by molar-refractivity contribution is 0.592. The van der Waals surface area contributed by atoms with Crippen molar-refractivity contribution < 1.29 is 8.42 Å². The molecule has 0 aliphatic heterocycles. The van der Waals surface area contributed by atoms with Crippen LogP contribution in [-0.2, 0) is 10.0 Å². The Labute approximate surface area is 123 Å². The van der Waals surface area contributed by atoms with E-state index in [4.69, 9.17) is 11.6 Å². The van der Waals surface area contributed by atoms with Gasteiger partial charge in [-0.2, -0.15) is 0 Å². The van der Waals surface area contributed by atoms with Gasteiger partial charge in [0.15, 0.2) is 0 Å². The maximum absolute atomic E-state index is 12.3. The van der Waals surface area contributed by atoms with Crippen LogP contribution in [0.2, 0.25) is 5.02 Å². The average molecular weight is 309 g/mol. The number of nitrogens with zero attached hydrogens (tertiary/aromatic N) is 1. The van der Waals surface area contributed by atoms with E-state index in [-0.39, 0.29) is 4.90 Å². The third-order valence-electron chi connectivity index (χ3n) is 2.63. The number of rotatable bonds is 3. The van der Waals surface area contributed by atoms with Crippen LogP contribution in [0.3, 0.4) is 0 Å². The van der Waals surface area contributed by atoms with Gasteiger partial charge in [0.2, 0.25) is 0 Å². The largest absolute Gasteiger partial charge is 0.271 e. The summed E-state index contributed by atoms with van der Waals surface area (Å²) in [5.41, 5.74) is 0.701. The van der Waals surface area contributed by atoms with Crippen molar-refractivity contribution >= 4 is 27.5 Å². The van der Waals surface area contributed by atoms with Crippen LogP contribution in [0.25, 0.3) is 0 Å². The predicted octanol–water partition coefficient (Wildman–Crippen LogP) is 2.69. The summed E-state index contributed by atoms with van der Waals surface area (Å²) in [7, 11) is -2.14. The van der Waals surface area contributed by atoms with Crippen LogP contribution in [0.4, 0.5) is 0 Å². The maximum Gasteiger partial charge on any atom is 0.263 e.